The summed E-state index contributed by atoms with van der Waals surface area (Å²) in [6.07, 6.45) is 3.67. The number of hydrogen-bond donors (Lipinski definition) is 1. The van der Waals surface area contributed by atoms with Gasteiger partial charge in [0.05, 0.1) is 18.5 Å². The summed E-state index contributed by atoms with van der Waals surface area (Å²) < 4.78 is 5.21. The van der Waals surface area contributed by atoms with Crippen LogP contribution in [0.4, 0.5) is 5.69 Å². The number of rotatable bonds is 3. The number of hydrogen-bond acceptors (Lipinski definition) is 3. The largest absolute Gasteiger partial charge is 0.467 e. The first-order valence-corrected chi connectivity index (χ1v) is 7.49. The van der Waals surface area contributed by atoms with Crippen LogP contribution in [0.2, 0.25) is 0 Å². The first-order chi connectivity index (χ1) is 10.7. The van der Waals surface area contributed by atoms with Crippen molar-refractivity contribution in [2.45, 2.75) is 25.8 Å². The summed E-state index contributed by atoms with van der Waals surface area (Å²) in [5, 5.41) is 2.87. The third-order valence-electron chi connectivity index (χ3n) is 4.32. The highest BCUT2D eigenvalue weighted by Crippen LogP contribution is 2.37. The average molecular weight is 296 g/mol. The van der Waals surface area contributed by atoms with Gasteiger partial charge in [-0.2, -0.15) is 0 Å². The Balaban J connectivity index is 1.59. The van der Waals surface area contributed by atoms with Crippen LogP contribution in [-0.2, 0) is 24.2 Å². The second kappa shape index (κ2) is 5.02. The smallest absolute Gasteiger partial charge is 0.251 e. The van der Waals surface area contributed by atoms with E-state index in [-0.39, 0.29) is 11.8 Å². The molecule has 1 N–H and O–H groups in total. The van der Waals surface area contributed by atoms with Gasteiger partial charge in [0.2, 0.25) is 5.91 Å². The zero-order chi connectivity index (χ0) is 15.1. The molecule has 1 aromatic heterocycles. The average Bonchev–Trinajstić information content (AvgIpc) is 3.18. The van der Waals surface area contributed by atoms with E-state index in [1.165, 1.54) is 0 Å². The predicted molar refractivity (Wildman–Crippen MR) is 80.7 cm³/mol. The molecule has 112 valence electrons. The molecule has 0 spiro atoms. The summed E-state index contributed by atoms with van der Waals surface area (Å²) in [5.41, 5.74) is 3.92. The standard InChI is InChI=1S/C17H16N2O3/c20-15-4-3-11-8-13(9-12-5-6-19(15)16(11)12)17(21)18-10-14-2-1-7-22-14/h1-2,7-9H,3-6,10H2,(H,18,21). The lowest BCUT2D eigenvalue weighted by molar-refractivity contribution is -0.118. The van der Waals surface area contributed by atoms with Crippen LogP contribution in [0.25, 0.3) is 0 Å². The molecule has 0 aliphatic carbocycles. The maximum Gasteiger partial charge on any atom is 0.251 e. The highest BCUT2D eigenvalue weighted by atomic mass is 16.3. The molecule has 0 atom stereocenters. The third-order valence-corrected chi connectivity index (χ3v) is 4.32. The Kier molecular flexibility index (Phi) is 2.99. The van der Waals surface area contributed by atoms with Crippen LogP contribution in [0.15, 0.2) is 34.9 Å². The van der Waals surface area contributed by atoms with Crippen LogP contribution in [0.5, 0.6) is 0 Å². The number of nitrogens with one attached hydrogen (secondary N) is 1. The van der Waals surface area contributed by atoms with Crippen LogP contribution < -0.4 is 10.2 Å². The summed E-state index contributed by atoms with van der Waals surface area (Å²) in [5.74, 6) is 0.819. The number of carbonyl (C=O) groups excluding carboxylic acids is 2. The Bertz CT molecular complexity index is 750. The van der Waals surface area contributed by atoms with Crippen molar-refractivity contribution in [3.8, 4) is 0 Å². The Morgan fingerprint density at radius 3 is 2.82 bits per heavy atom. The molecule has 2 aromatic rings. The summed E-state index contributed by atoms with van der Waals surface area (Å²) in [7, 11) is 0. The second-order valence-corrected chi connectivity index (χ2v) is 5.70. The molecule has 0 saturated carbocycles. The van der Waals surface area contributed by atoms with E-state index in [2.05, 4.69) is 5.32 Å². The van der Waals surface area contributed by atoms with Gasteiger partial charge in [-0.15, -0.1) is 0 Å². The van der Waals surface area contributed by atoms with Crippen molar-refractivity contribution in [3.05, 3.63) is 53.0 Å². The zero-order valence-electron chi connectivity index (χ0n) is 12.1. The Morgan fingerprint density at radius 2 is 2.05 bits per heavy atom. The minimum Gasteiger partial charge on any atom is -0.467 e. The van der Waals surface area contributed by atoms with Crippen LogP contribution in [0, 0.1) is 0 Å². The topological polar surface area (TPSA) is 62.6 Å². The third kappa shape index (κ3) is 2.09. The van der Waals surface area contributed by atoms with Crippen molar-refractivity contribution in [1.29, 1.82) is 0 Å². The van der Waals surface area contributed by atoms with Gasteiger partial charge in [0.25, 0.3) is 5.91 Å². The van der Waals surface area contributed by atoms with E-state index in [0.717, 1.165) is 42.0 Å². The first-order valence-electron chi connectivity index (χ1n) is 7.49. The molecule has 4 rings (SSSR count). The van der Waals surface area contributed by atoms with Gasteiger partial charge in [-0.05, 0) is 48.2 Å². The van der Waals surface area contributed by atoms with E-state index < -0.39 is 0 Å². The number of furan rings is 1. The Labute approximate surface area is 127 Å². The molecule has 1 aromatic carbocycles. The van der Waals surface area contributed by atoms with Gasteiger partial charge in [0.15, 0.2) is 0 Å². The summed E-state index contributed by atoms with van der Waals surface area (Å²) in [6, 6.07) is 7.46. The van der Waals surface area contributed by atoms with Crippen LogP contribution >= 0.6 is 0 Å². The van der Waals surface area contributed by atoms with E-state index in [1.54, 1.807) is 12.3 Å². The Morgan fingerprint density at radius 1 is 1.23 bits per heavy atom. The number of aryl methyl sites for hydroxylation is 1. The van der Waals surface area contributed by atoms with E-state index in [0.29, 0.717) is 18.5 Å². The van der Waals surface area contributed by atoms with E-state index >= 15 is 0 Å². The van der Waals surface area contributed by atoms with E-state index in [1.807, 2.05) is 23.1 Å². The molecular weight excluding hydrogens is 280 g/mol. The van der Waals surface area contributed by atoms with Gasteiger partial charge in [-0.1, -0.05) is 0 Å². The van der Waals surface area contributed by atoms with Gasteiger partial charge < -0.3 is 14.6 Å². The monoisotopic (exact) mass is 296 g/mol. The van der Waals surface area contributed by atoms with Crippen molar-refractivity contribution in [1.82, 2.24) is 5.32 Å². The summed E-state index contributed by atoms with van der Waals surface area (Å²) >= 11 is 0. The second-order valence-electron chi connectivity index (χ2n) is 5.70. The van der Waals surface area contributed by atoms with E-state index in [4.69, 9.17) is 4.42 Å². The molecule has 5 nitrogen and oxygen atoms in total. The van der Waals surface area contributed by atoms with Crippen LogP contribution in [0.3, 0.4) is 0 Å². The predicted octanol–water partition coefficient (Wildman–Crippen LogP) is 2.04. The first kappa shape index (κ1) is 13.1. The molecule has 2 aliphatic rings. The lowest BCUT2D eigenvalue weighted by Crippen LogP contribution is -2.33. The normalized spacial score (nSPS) is 15.8. The minimum absolute atomic E-state index is 0.106. The van der Waals surface area contributed by atoms with Gasteiger partial charge in [-0.25, -0.2) is 0 Å². The maximum absolute atomic E-state index is 12.3. The molecule has 3 heterocycles. The lowest BCUT2D eigenvalue weighted by Gasteiger charge is -2.25. The van der Waals surface area contributed by atoms with Crippen molar-refractivity contribution in [2.75, 3.05) is 11.4 Å². The molecule has 0 saturated heterocycles. The number of amides is 2. The minimum atomic E-state index is -0.106. The fraction of sp³-hybridized carbons (Fsp3) is 0.294. The molecule has 0 unspecified atom stereocenters. The number of benzene rings is 1. The van der Waals surface area contributed by atoms with Gasteiger partial charge in [0, 0.05) is 18.5 Å². The fourth-order valence-electron chi connectivity index (χ4n) is 3.27. The molecule has 2 aliphatic heterocycles. The summed E-state index contributed by atoms with van der Waals surface area (Å²) in [6.45, 7) is 1.11. The number of nitrogens with zero attached hydrogens (tertiary/aromatic N) is 1. The molecule has 0 fully saturated rings. The SMILES string of the molecule is O=C(NCc1ccco1)c1cc2c3c(c1)CCN3C(=O)CC2. The van der Waals surface area contributed by atoms with E-state index in [9.17, 15) is 9.59 Å². The Hall–Kier alpha value is -2.56. The van der Waals surface area contributed by atoms with Crippen molar-refractivity contribution >= 4 is 17.5 Å². The molecule has 5 heteroatoms. The van der Waals surface area contributed by atoms with Crippen LogP contribution in [0.1, 0.15) is 33.7 Å². The fourth-order valence-corrected chi connectivity index (χ4v) is 3.27. The van der Waals surface area contributed by atoms with Gasteiger partial charge >= 0.3 is 0 Å². The van der Waals surface area contributed by atoms with Crippen molar-refractivity contribution in [2.24, 2.45) is 0 Å². The van der Waals surface area contributed by atoms with Crippen molar-refractivity contribution in [3.63, 3.8) is 0 Å². The zero-order valence-corrected chi connectivity index (χ0v) is 12.1. The quantitative estimate of drug-likeness (QED) is 0.943. The molecule has 0 radical (unpaired) electrons. The molecule has 0 bridgehead atoms. The molecule has 2 amide bonds. The van der Waals surface area contributed by atoms with Crippen LogP contribution in [-0.4, -0.2) is 18.4 Å². The molecule has 22 heavy (non-hydrogen) atoms. The maximum atomic E-state index is 12.3. The number of carbonyl (C=O) groups is 2. The lowest BCUT2D eigenvalue weighted by atomic mass is 9.96. The van der Waals surface area contributed by atoms with Gasteiger partial charge in [-0.3, -0.25) is 9.59 Å². The number of anilines is 1. The molecular formula is C17H16N2O3. The highest BCUT2D eigenvalue weighted by molar-refractivity contribution is 6.01. The van der Waals surface area contributed by atoms with Gasteiger partial charge in [0.1, 0.15) is 5.76 Å². The highest BCUT2D eigenvalue weighted by Gasteiger charge is 2.31. The van der Waals surface area contributed by atoms with Crippen molar-refractivity contribution < 1.29 is 14.0 Å². The summed E-state index contributed by atoms with van der Waals surface area (Å²) in [4.78, 5) is 26.1.